The molecule has 0 aromatic heterocycles. The second kappa shape index (κ2) is 7.57. The lowest BCUT2D eigenvalue weighted by molar-refractivity contribution is -0.153. The van der Waals surface area contributed by atoms with Gasteiger partial charge in [-0.3, -0.25) is 0 Å². The molecule has 1 aliphatic rings. The van der Waals surface area contributed by atoms with E-state index in [9.17, 15) is 13.2 Å². The Kier molecular flexibility index (Phi) is 5.74. The van der Waals surface area contributed by atoms with Gasteiger partial charge in [0.25, 0.3) is 0 Å². The summed E-state index contributed by atoms with van der Waals surface area (Å²) in [5.74, 6) is 1.31. The Hall–Kier alpha value is -1.92. The minimum absolute atomic E-state index is 0.189. The summed E-state index contributed by atoms with van der Waals surface area (Å²) in [5, 5.41) is 0. The lowest BCUT2D eigenvalue weighted by atomic mass is 10.00. The van der Waals surface area contributed by atoms with Crippen molar-refractivity contribution in [3.05, 3.63) is 29.8 Å². The van der Waals surface area contributed by atoms with Gasteiger partial charge in [-0.25, -0.2) is 4.99 Å². The molecule has 0 spiro atoms. The molecule has 0 saturated carbocycles. The number of guanidine groups is 1. The third-order valence-corrected chi connectivity index (χ3v) is 3.88. The van der Waals surface area contributed by atoms with E-state index in [1.54, 1.807) is 18.2 Å². The summed E-state index contributed by atoms with van der Waals surface area (Å²) in [6.45, 7) is 2.82. The van der Waals surface area contributed by atoms with Crippen LogP contribution in [0, 0.1) is 5.92 Å². The normalized spacial score (nSPS) is 17.4. The van der Waals surface area contributed by atoms with Crippen molar-refractivity contribution in [2.24, 2.45) is 16.6 Å². The van der Waals surface area contributed by atoms with Crippen molar-refractivity contribution < 1.29 is 17.9 Å². The van der Waals surface area contributed by atoms with Crippen LogP contribution < -0.4 is 10.5 Å². The van der Waals surface area contributed by atoms with Gasteiger partial charge >= 0.3 is 6.18 Å². The Balaban J connectivity index is 1.98. The Morgan fingerprint density at radius 1 is 1.30 bits per heavy atom. The molecular formula is C16H22F3N3O. The number of piperidine rings is 1. The standard InChI is InChI=1S/C16H22F3N3O/c1-12-6-8-22(9-7-12)15(20)21-10-13-4-2-3-5-14(13)23-11-16(17,18)19/h2-5,12H,6-11H2,1H3,(H2,20,21). The van der Waals surface area contributed by atoms with Gasteiger partial charge in [0, 0.05) is 18.7 Å². The van der Waals surface area contributed by atoms with Gasteiger partial charge < -0.3 is 15.4 Å². The van der Waals surface area contributed by atoms with Crippen LogP contribution in [-0.2, 0) is 6.54 Å². The Morgan fingerprint density at radius 2 is 1.96 bits per heavy atom. The maximum Gasteiger partial charge on any atom is 0.422 e. The number of alkyl halides is 3. The maximum atomic E-state index is 12.3. The van der Waals surface area contributed by atoms with Crippen molar-refractivity contribution in [3.8, 4) is 5.75 Å². The number of likely N-dealkylation sites (tertiary alicyclic amines) is 1. The second-order valence-electron chi connectivity index (χ2n) is 5.86. The molecule has 23 heavy (non-hydrogen) atoms. The molecule has 128 valence electrons. The fourth-order valence-electron chi connectivity index (χ4n) is 2.44. The first-order valence-corrected chi connectivity index (χ1v) is 7.67. The number of halogens is 3. The predicted molar refractivity (Wildman–Crippen MR) is 83.3 cm³/mol. The van der Waals surface area contributed by atoms with E-state index in [0.29, 0.717) is 17.4 Å². The highest BCUT2D eigenvalue weighted by Crippen LogP contribution is 2.23. The molecule has 0 radical (unpaired) electrons. The molecule has 1 fully saturated rings. The quantitative estimate of drug-likeness (QED) is 0.682. The molecule has 1 heterocycles. The predicted octanol–water partition coefficient (Wildman–Crippen LogP) is 3.17. The van der Waals surface area contributed by atoms with E-state index in [1.807, 2.05) is 4.90 Å². The van der Waals surface area contributed by atoms with Crippen molar-refractivity contribution in [2.45, 2.75) is 32.5 Å². The van der Waals surface area contributed by atoms with Crippen molar-refractivity contribution >= 4 is 5.96 Å². The molecule has 0 bridgehead atoms. The number of para-hydroxylation sites is 1. The summed E-state index contributed by atoms with van der Waals surface area (Å²) in [6.07, 6.45) is -2.22. The van der Waals surface area contributed by atoms with Gasteiger partial charge in [-0.05, 0) is 24.8 Å². The van der Waals surface area contributed by atoms with Crippen LogP contribution in [0.3, 0.4) is 0 Å². The molecule has 0 amide bonds. The lowest BCUT2D eigenvalue weighted by Crippen LogP contribution is -2.42. The van der Waals surface area contributed by atoms with Gasteiger partial charge in [-0.15, -0.1) is 0 Å². The number of ether oxygens (including phenoxy) is 1. The van der Waals surface area contributed by atoms with Gasteiger partial charge in [-0.1, -0.05) is 25.1 Å². The largest absolute Gasteiger partial charge is 0.484 e. The molecule has 0 unspecified atom stereocenters. The van der Waals surface area contributed by atoms with Crippen LogP contribution in [0.4, 0.5) is 13.2 Å². The number of aliphatic imine (C=N–C) groups is 1. The van der Waals surface area contributed by atoms with Crippen LogP contribution in [0.1, 0.15) is 25.3 Å². The van der Waals surface area contributed by atoms with Crippen LogP contribution >= 0.6 is 0 Å². The molecule has 0 atom stereocenters. The minimum Gasteiger partial charge on any atom is -0.484 e. The van der Waals surface area contributed by atoms with Gasteiger partial charge in [0.2, 0.25) is 0 Å². The first-order chi connectivity index (χ1) is 10.8. The molecule has 1 aromatic carbocycles. The number of benzene rings is 1. The van der Waals surface area contributed by atoms with Gasteiger partial charge in [0.1, 0.15) is 5.75 Å². The minimum atomic E-state index is -4.36. The zero-order valence-electron chi connectivity index (χ0n) is 13.1. The zero-order chi connectivity index (χ0) is 16.9. The molecule has 4 nitrogen and oxygen atoms in total. The molecule has 2 N–H and O–H groups in total. The number of nitrogens with two attached hydrogens (primary N) is 1. The van der Waals surface area contributed by atoms with Crippen LogP contribution in [0.5, 0.6) is 5.75 Å². The summed E-state index contributed by atoms with van der Waals surface area (Å²) < 4.78 is 41.7. The van der Waals surface area contributed by atoms with Crippen molar-refractivity contribution in [1.29, 1.82) is 0 Å². The van der Waals surface area contributed by atoms with Crippen LogP contribution in [0.2, 0.25) is 0 Å². The lowest BCUT2D eigenvalue weighted by Gasteiger charge is -2.31. The monoisotopic (exact) mass is 329 g/mol. The van der Waals surface area contributed by atoms with E-state index in [2.05, 4.69) is 11.9 Å². The topological polar surface area (TPSA) is 50.8 Å². The summed E-state index contributed by atoms with van der Waals surface area (Å²) >= 11 is 0. The highest BCUT2D eigenvalue weighted by Gasteiger charge is 2.28. The van der Waals surface area contributed by atoms with Crippen molar-refractivity contribution in [3.63, 3.8) is 0 Å². The highest BCUT2D eigenvalue weighted by molar-refractivity contribution is 5.78. The summed E-state index contributed by atoms with van der Waals surface area (Å²) in [5.41, 5.74) is 6.58. The molecule has 1 saturated heterocycles. The van der Waals surface area contributed by atoms with Crippen molar-refractivity contribution in [1.82, 2.24) is 4.90 Å². The molecule has 1 aromatic rings. The first kappa shape index (κ1) is 17.4. The van der Waals surface area contributed by atoms with E-state index in [0.717, 1.165) is 25.9 Å². The number of rotatable bonds is 4. The summed E-state index contributed by atoms with van der Waals surface area (Å²) in [6, 6.07) is 6.58. The number of hydrogen-bond donors (Lipinski definition) is 1. The third-order valence-electron chi connectivity index (χ3n) is 3.88. The molecular weight excluding hydrogens is 307 g/mol. The van der Waals surface area contributed by atoms with Crippen LogP contribution in [0.25, 0.3) is 0 Å². The number of hydrogen-bond acceptors (Lipinski definition) is 2. The van der Waals surface area contributed by atoms with E-state index >= 15 is 0 Å². The molecule has 2 rings (SSSR count). The van der Waals surface area contributed by atoms with E-state index in [4.69, 9.17) is 10.5 Å². The average molecular weight is 329 g/mol. The smallest absolute Gasteiger partial charge is 0.422 e. The average Bonchev–Trinajstić information content (AvgIpc) is 2.51. The van der Waals surface area contributed by atoms with E-state index in [1.165, 1.54) is 6.07 Å². The van der Waals surface area contributed by atoms with Crippen molar-refractivity contribution in [2.75, 3.05) is 19.7 Å². The van der Waals surface area contributed by atoms with Crippen LogP contribution in [-0.4, -0.2) is 36.7 Å². The Bertz CT molecular complexity index is 538. The van der Waals surface area contributed by atoms with Gasteiger partial charge in [-0.2, -0.15) is 13.2 Å². The first-order valence-electron chi connectivity index (χ1n) is 7.67. The third kappa shape index (κ3) is 5.65. The summed E-state index contributed by atoms with van der Waals surface area (Å²) in [7, 11) is 0. The van der Waals surface area contributed by atoms with Gasteiger partial charge in [0.15, 0.2) is 12.6 Å². The van der Waals surface area contributed by atoms with E-state index < -0.39 is 12.8 Å². The summed E-state index contributed by atoms with van der Waals surface area (Å²) in [4.78, 5) is 6.32. The van der Waals surface area contributed by atoms with Gasteiger partial charge in [0.05, 0.1) is 6.54 Å². The fourth-order valence-corrected chi connectivity index (χ4v) is 2.44. The zero-order valence-corrected chi connectivity index (χ0v) is 13.1. The molecule has 1 aliphatic heterocycles. The number of nitrogens with zero attached hydrogens (tertiary/aromatic N) is 2. The molecule has 0 aliphatic carbocycles. The Morgan fingerprint density at radius 3 is 2.61 bits per heavy atom. The fraction of sp³-hybridized carbons (Fsp3) is 0.562. The molecule has 7 heteroatoms. The maximum absolute atomic E-state index is 12.3. The highest BCUT2D eigenvalue weighted by atomic mass is 19.4. The van der Waals surface area contributed by atoms with Crippen LogP contribution in [0.15, 0.2) is 29.3 Å². The Labute approximate surface area is 134 Å². The van der Waals surface area contributed by atoms with E-state index in [-0.39, 0.29) is 12.3 Å². The SMILES string of the molecule is CC1CCN(C(N)=NCc2ccccc2OCC(F)(F)F)CC1. The second-order valence-corrected chi connectivity index (χ2v) is 5.86.